The van der Waals surface area contributed by atoms with Gasteiger partial charge in [-0.15, -0.1) is 11.3 Å². The second-order valence-corrected chi connectivity index (χ2v) is 11.1. The molecule has 12 heteroatoms. The molecule has 4 amide bonds. The molecule has 0 aliphatic carbocycles. The number of fused-ring (bicyclic) bond motifs is 2. The zero-order valence-corrected chi connectivity index (χ0v) is 23.3. The van der Waals surface area contributed by atoms with Crippen LogP contribution in [0.4, 0.5) is 15.5 Å². The molecular weight excluding hydrogens is 550 g/mol. The average molecular weight is 580 g/mol. The number of aromatic nitrogens is 2. The van der Waals surface area contributed by atoms with Crippen molar-refractivity contribution in [1.29, 1.82) is 0 Å². The Morgan fingerprint density at radius 2 is 1.90 bits per heavy atom. The Bertz CT molecular complexity index is 1500. The summed E-state index contributed by atoms with van der Waals surface area (Å²) in [5.41, 5.74) is 9.42. The van der Waals surface area contributed by atoms with Gasteiger partial charge in [-0.1, -0.05) is 23.7 Å². The van der Waals surface area contributed by atoms with Gasteiger partial charge >= 0.3 is 6.03 Å². The number of aromatic amines is 1. The molecule has 2 aromatic carbocycles. The Labute approximate surface area is 240 Å². The van der Waals surface area contributed by atoms with Crippen molar-refractivity contribution in [3.63, 3.8) is 0 Å². The number of benzene rings is 2. The minimum absolute atomic E-state index is 0.00154. The first-order valence-electron chi connectivity index (χ1n) is 13.1. The molecule has 0 atom stereocenters. The van der Waals surface area contributed by atoms with Crippen molar-refractivity contribution >= 4 is 62.5 Å². The predicted octanol–water partition coefficient (Wildman–Crippen LogP) is 4.52. The van der Waals surface area contributed by atoms with Crippen molar-refractivity contribution in [2.45, 2.75) is 32.2 Å². The van der Waals surface area contributed by atoms with Crippen LogP contribution in [-0.2, 0) is 24.2 Å². The van der Waals surface area contributed by atoms with Crippen LogP contribution in [0.1, 0.15) is 39.5 Å². The molecular formula is C28H30ClN7O3S. The van der Waals surface area contributed by atoms with Crippen molar-refractivity contribution in [1.82, 2.24) is 20.2 Å². The smallest absolute Gasteiger partial charge is 0.324 e. The summed E-state index contributed by atoms with van der Waals surface area (Å²) in [6.07, 6.45) is 2.40. The number of hydrogen-bond donors (Lipinski definition) is 5. The number of nitrogens with zero attached hydrogens (tertiary/aromatic N) is 2. The third-order valence-electron chi connectivity index (χ3n) is 6.71. The monoisotopic (exact) mass is 579 g/mol. The summed E-state index contributed by atoms with van der Waals surface area (Å²) in [5.74, 6) is 0.250. The molecule has 0 radical (unpaired) electrons. The maximum Gasteiger partial charge on any atom is 0.324 e. The Balaban J connectivity index is 1.08. The summed E-state index contributed by atoms with van der Waals surface area (Å²) >= 11 is 7.27. The lowest BCUT2D eigenvalue weighted by Crippen LogP contribution is -2.34. The van der Waals surface area contributed by atoms with Gasteiger partial charge in [-0.2, -0.15) is 0 Å². The molecule has 5 rings (SSSR count). The van der Waals surface area contributed by atoms with Crippen LogP contribution in [-0.4, -0.2) is 52.3 Å². The first-order chi connectivity index (χ1) is 19.4. The number of imidazole rings is 1. The summed E-state index contributed by atoms with van der Waals surface area (Å²) in [6, 6.07) is 14.1. The minimum Gasteiger partial charge on any atom is -0.365 e. The first kappa shape index (κ1) is 27.6. The molecule has 40 heavy (non-hydrogen) atoms. The number of nitrogens with one attached hydrogen (secondary N) is 4. The van der Waals surface area contributed by atoms with Crippen LogP contribution in [0.15, 0.2) is 48.5 Å². The number of amides is 4. The van der Waals surface area contributed by atoms with E-state index in [0.717, 1.165) is 46.8 Å². The van der Waals surface area contributed by atoms with Crippen molar-refractivity contribution in [3.8, 4) is 0 Å². The van der Waals surface area contributed by atoms with Crippen LogP contribution in [0.25, 0.3) is 11.0 Å². The van der Waals surface area contributed by atoms with Gasteiger partial charge in [-0.3, -0.25) is 19.8 Å². The van der Waals surface area contributed by atoms with E-state index in [1.165, 1.54) is 11.3 Å². The Kier molecular flexibility index (Phi) is 8.63. The van der Waals surface area contributed by atoms with Gasteiger partial charge in [-0.25, -0.2) is 9.78 Å². The molecule has 0 spiro atoms. The number of rotatable bonds is 10. The fraction of sp³-hybridized carbons (Fsp3) is 0.286. The molecule has 0 saturated heterocycles. The van der Waals surface area contributed by atoms with Crippen LogP contribution in [0.5, 0.6) is 0 Å². The van der Waals surface area contributed by atoms with E-state index >= 15 is 0 Å². The number of urea groups is 1. The van der Waals surface area contributed by atoms with Crippen molar-refractivity contribution < 1.29 is 14.4 Å². The largest absolute Gasteiger partial charge is 0.365 e. The molecule has 0 fully saturated rings. The second kappa shape index (κ2) is 12.5. The normalized spacial score (nSPS) is 13.1. The average Bonchev–Trinajstić information content (AvgIpc) is 3.51. The van der Waals surface area contributed by atoms with Crippen LogP contribution in [0.3, 0.4) is 0 Å². The van der Waals surface area contributed by atoms with E-state index < -0.39 is 11.9 Å². The van der Waals surface area contributed by atoms with Crippen LogP contribution < -0.4 is 21.7 Å². The summed E-state index contributed by atoms with van der Waals surface area (Å²) < 4.78 is 0. The Hall–Kier alpha value is -3.93. The number of hydrogen-bond acceptors (Lipinski definition) is 6. The van der Waals surface area contributed by atoms with Gasteiger partial charge < -0.3 is 21.4 Å². The quantitative estimate of drug-likeness (QED) is 0.175. The SMILES string of the molecule is NC(=O)c1c(NC(=O)Nc2ccc(Cl)cc2)sc2c1CCN(CCCNC(=O)CCc1nc3ccccc3[nH]1)C2. The number of nitrogens with two attached hydrogens (primary N) is 1. The van der Waals surface area contributed by atoms with Gasteiger partial charge in [0.25, 0.3) is 5.91 Å². The van der Waals surface area contributed by atoms with E-state index in [1.807, 2.05) is 24.3 Å². The molecule has 208 valence electrons. The summed E-state index contributed by atoms with van der Waals surface area (Å²) in [5, 5.41) is 9.53. The van der Waals surface area contributed by atoms with Crippen molar-refractivity contribution in [2.24, 2.45) is 5.73 Å². The number of aryl methyl sites for hydroxylation is 1. The third-order valence-corrected chi connectivity index (χ3v) is 8.10. The van der Waals surface area contributed by atoms with Crippen LogP contribution in [0, 0.1) is 0 Å². The zero-order chi connectivity index (χ0) is 28.1. The maximum atomic E-state index is 12.6. The number of halogens is 1. The summed E-state index contributed by atoms with van der Waals surface area (Å²) in [6.45, 7) is 2.80. The predicted molar refractivity (Wildman–Crippen MR) is 158 cm³/mol. The molecule has 6 N–H and O–H groups in total. The lowest BCUT2D eigenvalue weighted by molar-refractivity contribution is -0.121. The second-order valence-electron chi connectivity index (χ2n) is 9.59. The van der Waals surface area contributed by atoms with E-state index in [2.05, 4.69) is 30.8 Å². The maximum absolute atomic E-state index is 12.6. The van der Waals surface area contributed by atoms with E-state index in [0.29, 0.717) is 53.6 Å². The molecule has 1 aliphatic rings. The number of carbonyl (C=O) groups excluding carboxylic acids is 3. The van der Waals surface area contributed by atoms with Gasteiger partial charge in [-0.05, 0) is 54.8 Å². The summed E-state index contributed by atoms with van der Waals surface area (Å²) in [4.78, 5) is 48.2. The molecule has 0 unspecified atom stereocenters. The van der Waals surface area contributed by atoms with E-state index in [4.69, 9.17) is 17.3 Å². The van der Waals surface area contributed by atoms with Crippen LogP contribution >= 0.6 is 22.9 Å². The van der Waals surface area contributed by atoms with Gasteiger partial charge in [0, 0.05) is 54.6 Å². The number of thiophene rings is 1. The van der Waals surface area contributed by atoms with Gasteiger partial charge in [0.05, 0.1) is 16.6 Å². The van der Waals surface area contributed by atoms with Gasteiger partial charge in [0.15, 0.2) is 0 Å². The fourth-order valence-corrected chi connectivity index (χ4v) is 6.19. The van der Waals surface area contributed by atoms with Crippen molar-refractivity contribution in [2.75, 3.05) is 30.3 Å². The molecule has 10 nitrogen and oxygen atoms in total. The topological polar surface area (TPSA) is 145 Å². The molecule has 1 aliphatic heterocycles. The Morgan fingerprint density at radius 1 is 1.10 bits per heavy atom. The Morgan fingerprint density at radius 3 is 2.67 bits per heavy atom. The van der Waals surface area contributed by atoms with E-state index in [9.17, 15) is 14.4 Å². The molecule has 4 aromatic rings. The first-order valence-corrected chi connectivity index (χ1v) is 14.3. The highest BCUT2D eigenvalue weighted by Crippen LogP contribution is 2.37. The lowest BCUT2D eigenvalue weighted by atomic mass is 10.0. The lowest BCUT2D eigenvalue weighted by Gasteiger charge is -2.27. The highest BCUT2D eigenvalue weighted by atomic mass is 35.5. The highest BCUT2D eigenvalue weighted by molar-refractivity contribution is 7.17. The molecule has 0 bridgehead atoms. The highest BCUT2D eigenvalue weighted by Gasteiger charge is 2.27. The van der Waals surface area contributed by atoms with Crippen LogP contribution in [0.2, 0.25) is 5.02 Å². The fourth-order valence-electron chi connectivity index (χ4n) is 4.77. The molecule has 0 saturated carbocycles. The van der Waals surface area contributed by atoms with E-state index in [1.54, 1.807) is 24.3 Å². The zero-order valence-electron chi connectivity index (χ0n) is 21.8. The number of H-pyrrole nitrogens is 1. The van der Waals surface area contributed by atoms with Crippen molar-refractivity contribution in [3.05, 3.63) is 75.4 Å². The van der Waals surface area contributed by atoms with Gasteiger partial charge in [0.2, 0.25) is 5.91 Å². The summed E-state index contributed by atoms with van der Waals surface area (Å²) in [7, 11) is 0. The minimum atomic E-state index is -0.557. The molecule has 3 heterocycles. The standard InChI is InChI=1S/C28H30ClN7O3S/c29-17-6-8-18(9-7-17)32-28(39)35-27-25(26(30)38)19-12-15-36(16-22(19)40-27)14-3-13-31-24(37)11-10-23-33-20-4-1-2-5-21(20)34-23/h1-2,4-9H,3,10-16H2,(H2,30,38)(H,31,37)(H,33,34)(H2,32,35,39). The molecule has 2 aromatic heterocycles. The number of anilines is 2. The number of para-hydroxylation sites is 2. The number of primary amides is 1. The van der Waals surface area contributed by atoms with Gasteiger partial charge in [0.1, 0.15) is 10.8 Å². The van der Waals surface area contributed by atoms with E-state index in [-0.39, 0.29) is 5.91 Å². The number of carbonyl (C=O) groups is 3. The third kappa shape index (κ3) is 6.79.